The van der Waals surface area contributed by atoms with Gasteiger partial charge in [0.25, 0.3) is 0 Å². The minimum absolute atomic E-state index is 0.0495. The molecular formula is C12H17FN2O3. The molecule has 6 heteroatoms. The number of urea groups is 1. The van der Waals surface area contributed by atoms with E-state index in [-0.39, 0.29) is 19.0 Å². The Hall–Kier alpha value is -1.66. The largest absolute Gasteiger partial charge is 0.386 e. The zero-order valence-electron chi connectivity index (χ0n) is 10.4. The van der Waals surface area contributed by atoms with Crippen molar-refractivity contribution in [2.75, 3.05) is 25.6 Å². The minimum Gasteiger partial charge on any atom is -0.386 e. The average Bonchev–Trinajstić information content (AvgIpc) is 2.30. The minimum atomic E-state index is -1.13. The standard InChI is InChI=1S/C12H17FN2O3/c1-12(17,8-18-2)7-14-11(16)15-10-5-3-9(13)4-6-10/h3-6,17H,7-8H2,1-2H3,(H2,14,15,16). The van der Waals surface area contributed by atoms with Crippen LogP contribution in [0.15, 0.2) is 24.3 Å². The van der Waals surface area contributed by atoms with E-state index in [1.807, 2.05) is 0 Å². The molecular weight excluding hydrogens is 239 g/mol. The van der Waals surface area contributed by atoms with Crippen molar-refractivity contribution < 1.29 is 19.0 Å². The van der Waals surface area contributed by atoms with E-state index in [1.54, 1.807) is 6.92 Å². The third-order valence-electron chi connectivity index (χ3n) is 2.19. The van der Waals surface area contributed by atoms with E-state index in [2.05, 4.69) is 10.6 Å². The molecule has 0 heterocycles. The number of halogens is 1. The normalized spacial score (nSPS) is 13.8. The fraction of sp³-hybridized carbons (Fsp3) is 0.417. The highest BCUT2D eigenvalue weighted by Gasteiger charge is 2.20. The molecule has 3 N–H and O–H groups in total. The number of carbonyl (C=O) groups is 1. The molecule has 0 bridgehead atoms. The zero-order chi connectivity index (χ0) is 13.6. The Balaban J connectivity index is 2.40. The molecule has 0 radical (unpaired) electrons. The number of hydrogen-bond donors (Lipinski definition) is 3. The quantitative estimate of drug-likeness (QED) is 0.744. The number of nitrogens with one attached hydrogen (secondary N) is 2. The van der Waals surface area contributed by atoms with Crippen LogP contribution in [0.25, 0.3) is 0 Å². The van der Waals surface area contributed by atoms with Crippen molar-refractivity contribution in [3.05, 3.63) is 30.1 Å². The summed E-state index contributed by atoms with van der Waals surface area (Å²) in [5.41, 5.74) is -0.658. The highest BCUT2D eigenvalue weighted by atomic mass is 19.1. The first kappa shape index (κ1) is 14.4. The van der Waals surface area contributed by atoms with Crippen molar-refractivity contribution in [2.45, 2.75) is 12.5 Å². The van der Waals surface area contributed by atoms with Gasteiger partial charge in [0, 0.05) is 12.8 Å². The second-order valence-electron chi connectivity index (χ2n) is 4.24. The van der Waals surface area contributed by atoms with Crippen LogP contribution in [0.1, 0.15) is 6.92 Å². The first-order valence-corrected chi connectivity index (χ1v) is 5.45. The van der Waals surface area contributed by atoms with Gasteiger partial charge in [0.1, 0.15) is 11.4 Å². The summed E-state index contributed by atoms with van der Waals surface area (Å²) in [6.45, 7) is 1.71. The van der Waals surface area contributed by atoms with Crippen LogP contribution in [0, 0.1) is 5.82 Å². The lowest BCUT2D eigenvalue weighted by Crippen LogP contribution is -2.45. The molecule has 0 aliphatic heterocycles. The van der Waals surface area contributed by atoms with E-state index in [0.717, 1.165) is 0 Å². The van der Waals surface area contributed by atoms with Crippen LogP contribution in [0.4, 0.5) is 14.9 Å². The van der Waals surface area contributed by atoms with E-state index < -0.39 is 11.6 Å². The summed E-state index contributed by atoms with van der Waals surface area (Å²) in [4.78, 5) is 11.5. The summed E-state index contributed by atoms with van der Waals surface area (Å²) in [5.74, 6) is -0.371. The predicted octanol–water partition coefficient (Wildman–Crippen LogP) is 1.34. The number of aliphatic hydroxyl groups is 1. The molecule has 5 nitrogen and oxygen atoms in total. The lowest BCUT2D eigenvalue weighted by molar-refractivity contribution is -0.0133. The Morgan fingerprint density at radius 2 is 2.06 bits per heavy atom. The molecule has 100 valence electrons. The van der Waals surface area contributed by atoms with Crippen LogP contribution in [-0.4, -0.2) is 37.0 Å². The van der Waals surface area contributed by atoms with E-state index in [4.69, 9.17) is 4.74 Å². The molecule has 0 aliphatic carbocycles. The first-order chi connectivity index (χ1) is 8.43. The van der Waals surface area contributed by atoms with Crippen LogP contribution >= 0.6 is 0 Å². The molecule has 1 rings (SSSR count). The molecule has 2 amide bonds. The van der Waals surface area contributed by atoms with Crippen molar-refractivity contribution in [1.29, 1.82) is 0 Å². The summed E-state index contributed by atoms with van der Waals surface area (Å²) in [5, 5.41) is 14.8. The number of methoxy groups -OCH3 is 1. The van der Waals surface area contributed by atoms with Gasteiger partial charge in [-0.05, 0) is 31.2 Å². The first-order valence-electron chi connectivity index (χ1n) is 5.45. The molecule has 0 saturated carbocycles. The third-order valence-corrected chi connectivity index (χ3v) is 2.19. The molecule has 1 aromatic rings. The van der Waals surface area contributed by atoms with Gasteiger partial charge in [0.15, 0.2) is 0 Å². The molecule has 1 unspecified atom stereocenters. The maximum Gasteiger partial charge on any atom is 0.319 e. The number of amides is 2. The highest BCUT2D eigenvalue weighted by Crippen LogP contribution is 2.08. The predicted molar refractivity (Wildman–Crippen MR) is 65.9 cm³/mol. The van der Waals surface area contributed by atoms with Crippen LogP contribution in [0.3, 0.4) is 0 Å². The number of ether oxygens (including phenoxy) is 1. The topological polar surface area (TPSA) is 70.6 Å². The summed E-state index contributed by atoms with van der Waals surface area (Å²) >= 11 is 0. The lowest BCUT2D eigenvalue weighted by atomic mass is 10.1. The van der Waals surface area contributed by atoms with E-state index in [1.165, 1.54) is 31.4 Å². The molecule has 1 atom stereocenters. The lowest BCUT2D eigenvalue weighted by Gasteiger charge is -2.22. The fourth-order valence-electron chi connectivity index (χ4n) is 1.34. The zero-order valence-corrected chi connectivity index (χ0v) is 10.4. The van der Waals surface area contributed by atoms with Crippen molar-refractivity contribution in [2.24, 2.45) is 0 Å². The Kier molecular flexibility index (Phi) is 5.06. The SMILES string of the molecule is COCC(C)(O)CNC(=O)Nc1ccc(F)cc1. The van der Waals surface area contributed by atoms with Gasteiger partial charge >= 0.3 is 6.03 Å². The average molecular weight is 256 g/mol. The van der Waals surface area contributed by atoms with Crippen molar-refractivity contribution in [1.82, 2.24) is 5.32 Å². The molecule has 0 saturated heterocycles. The van der Waals surface area contributed by atoms with Gasteiger partial charge in [-0.1, -0.05) is 0 Å². The Morgan fingerprint density at radius 1 is 1.44 bits per heavy atom. The summed E-state index contributed by atoms with van der Waals surface area (Å²) in [6.07, 6.45) is 0. The van der Waals surface area contributed by atoms with Crippen LogP contribution in [0.5, 0.6) is 0 Å². The molecule has 0 spiro atoms. The van der Waals surface area contributed by atoms with Crippen molar-refractivity contribution >= 4 is 11.7 Å². The van der Waals surface area contributed by atoms with Gasteiger partial charge in [-0.3, -0.25) is 0 Å². The number of rotatable bonds is 5. The number of carbonyl (C=O) groups excluding carboxylic acids is 1. The second kappa shape index (κ2) is 6.32. The summed E-state index contributed by atoms with van der Waals surface area (Å²) < 4.78 is 17.4. The fourth-order valence-corrected chi connectivity index (χ4v) is 1.34. The van der Waals surface area contributed by atoms with E-state index in [0.29, 0.717) is 5.69 Å². The Labute approximate surface area is 105 Å². The number of anilines is 1. The van der Waals surface area contributed by atoms with E-state index in [9.17, 15) is 14.3 Å². The Bertz CT molecular complexity index is 393. The van der Waals surface area contributed by atoms with E-state index >= 15 is 0 Å². The molecule has 1 aromatic carbocycles. The Morgan fingerprint density at radius 3 is 2.61 bits per heavy atom. The smallest absolute Gasteiger partial charge is 0.319 e. The summed E-state index contributed by atoms with van der Waals surface area (Å²) in [7, 11) is 1.47. The molecule has 18 heavy (non-hydrogen) atoms. The maximum atomic E-state index is 12.6. The van der Waals surface area contributed by atoms with Crippen LogP contribution in [0.2, 0.25) is 0 Å². The second-order valence-corrected chi connectivity index (χ2v) is 4.24. The van der Waals surface area contributed by atoms with Crippen molar-refractivity contribution in [3.8, 4) is 0 Å². The van der Waals surface area contributed by atoms with Gasteiger partial charge in [0.05, 0.1) is 13.2 Å². The summed E-state index contributed by atoms with van der Waals surface area (Å²) in [6, 6.07) is 4.91. The van der Waals surface area contributed by atoms with Gasteiger partial charge in [-0.15, -0.1) is 0 Å². The number of benzene rings is 1. The third kappa shape index (κ3) is 5.11. The van der Waals surface area contributed by atoms with Crippen molar-refractivity contribution in [3.63, 3.8) is 0 Å². The molecule has 0 fully saturated rings. The monoisotopic (exact) mass is 256 g/mol. The maximum absolute atomic E-state index is 12.6. The van der Waals surface area contributed by atoms with Gasteiger partial charge in [0.2, 0.25) is 0 Å². The molecule has 0 aromatic heterocycles. The van der Waals surface area contributed by atoms with Crippen LogP contribution in [-0.2, 0) is 4.74 Å². The number of hydrogen-bond acceptors (Lipinski definition) is 3. The van der Waals surface area contributed by atoms with Gasteiger partial charge in [-0.2, -0.15) is 0 Å². The molecule has 0 aliphatic rings. The highest BCUT2D eigenvalue weighted by molar-refractivity contribution is 5.89. The van der Waals surface area contributed by atoms with Gasteiger partial charge in [-0.25, -0.2) is 9.18 Å². The van der Waals surface area contributed by atoms with Gasteiger partial charge < -0.3 is 20.5 Å². The van der Waals surface area contributed by atoms with Crippen LogP contribution < -0.4 is 10.6 Å².